The number of ether oxygens (including phenoxy) is 3. The number of barbiturate groups is 1. The number of hydrogen-bond donors (Lipinski definition) is 1. The van der Waals surface area contributed by atoms with Crippen LogP contribution in [0.2, 0.25) is 0 Å². The predicted octanol–water partition coefficient (Wildman–Crippen LogP) is 2.23. The van der Waals surface area contributed by atoms with E-state index in [2.05, 4.69) is 5.32 Å². The number of anilines is 1. The summed E-state index contributed by atoms with van der Waals surface area (Å²) < 4.78 is 29.0. The van der Waals surface area contributed by atoms with Gasteiger partial charge in [0.25, 0.3) is 11.8 Å². The number of carbonyl (C=O) groups is 3. The third-order valence-electron chi connectivity index (χ3n) is 4.21. The van der Waals surface area contributed by atoms with Crippen molar-refractivity contribution in [1.82, 2.24) is 5.32 Å². The summed E-state index contributed by atoms with van der Waals surface area (Å²) in [5.41, 5.74) is 0.222. The molecule has 0 aromatic heterocycles. The number of fused-ring (bicyclic) bond motifs is 1. The first-order chi connectivity index (χ1) is 13.5. The zero-order valence-corrected chi connectivity index (χ0v) is 14.5. The van der Waals surface area contributed by atoms with Gasteiger partial charge in [0, 0.05) is 11.6 Å². The second-order valence-electron chi connectivity index (χ2n) is 5.88. The number of imide groups is 2. The molecule has 0 aliphatic carbocycles. The summed E-state index contributed by atoms with van der Waals surface area (Å²) >= 11 is 0. The fourth-order valence-corrected chi connectivity index (χ4v) is 2.87. The van der Waals surface area contributed by atoms with Crippen molar-refractivity contribution >= 4 is 29.6 Å². The van der Waals surface area contributed by atoms with Crippen LogP contribution in [0.15, 0.2) is 42.0 Å². The Hall–Kier alpha value is -3.88. The number of amides is 4. The Labute approximate surface area is 158 Å². The van der Waals surface area contributed by atoms with E-state index in [9.17, 15) is 18.8 Å². The van der Waals surface area contributed by atoms with Gasteiger partial charge in [-0.05, 0) is 36.4 Å². The average molecular weight is 384 g/mol. The van der Waals surface area contributed by atoms with Gasteiger partial charge in [-0.25, -0.2) is 14.1 Å². The molecule has 1 saturated heterocycles. The largest absolute Gasteiger partial charge is 0.496 e. The smallest absolute Gasteiger partial charge is 0.335 e. The van der Waals surface area contributed by atoms with Gasteiger partial charge in [0.05, 0.1) is 12.8 Å². The van der Waals surface area contributed by atoms with E-state index in [0.29, 0.717) is 22.8 Å². The summed E-state index contributed by atoms with van der Waals surface area (Å²) in [4.78, 5) is 38.1. The summed E-state index contributed by atoms with van der Waals surface area (Å²) in [5, 5.41) is 2.10. The number of benzene rings is 2. The van der Waals surface area contributed by atoms with Crippen LogP contribution >= 0.6 is 0 Å². The molecule has 8 nitrogen and oxygen atoms in total. The molecule has 2 aliphatic rings. The van der Waals surface area contributed by atoms with Gasteiger partial charge in [-0.15, -0.1) is 0 Å². The maximum Gasteiger partial charge on any atom is 0.335 e. The third kappa shape index (κ3) is 2.92. The van der Waals surface area contributed by atoms with Crippen LogP contribution in [0.5, 0.6) is 17.2 Å². The summed E-state index contributed by atoms with van der Waals surface area (Å²) in [6.07, 6.45) is 1.29. The van der Waals surface area contributed by atoms with E-state index in [0.717, 1.165) is 17.0 Å². The Kier molecular flexibility index (Phi) is 4.19. The average Bonchev–Trinajstić information content (AvgIpc) is 3.13. The number of carbonyl (C=O) groups excluding carboxylic acids is 3. The van der Waals surface area contributed by atoms with Gasteiger partial charge in [0.15, 0.2) is 11.5 Å². The highest BCUT2D eigenvalue weighted by Crippen LogP contribution is 2.39. The fourth-order valence-electron chi connectivity index (χ4n) is 2.87. The van der Waals surface area contributed by atoms with E-state index in [4.69, 9.17) is 14.2 Å². The molecule has 2 aliphatic heterocycles. The van der Waals surface area contributed by atoms with Crippen molar-refractivity contribution in [1.29, 1.82) is 0 Å². The standard InChI is InChI=1S/C19H13FN2O6/c1-26-14-8-16-15(27-9-28-16)7-10(14)6-13-17(23)21-19(25)22(18(13)24)12-4-2-11(20)3-5-12/h2-8H,9H2,1H3,(H,21,23,25)/b13-6+. The zero-order chi connectivity index (χ0) is 19.8. The highest BCUT2D eigenvalue weighted by atomic mass is 19.1. The number of nitrogens with one attached hydrogen (secondary N) is 1. The highest BCUT2D eigenvalue weighted by molar-refractivity contribution is 6.39. The molecule has 4 amide bonds. The number of halogens is 1. The molecular weight excluding hydrogens is 371 g/mol. The van der Waals surface area contributed by atoms with Crippen molar-refractivity contribution < 1.29 is 33.0 Å². The Morgan fingerprint density at radius 2 is 1.79 bits per heavy atom. The Balaban J connectivity index is 1.76. The number of rotatable bonds is 3. The van der Waals surface area contributed by atoms with Gasteiger partial charge in [-0.2, -0.15) is 0 Å². The molecule has 4 rings (SSSR count). The van der Waals surface area contributed by atoms with Crippen molar-refractivity contribution in [3.63, 3.8) is 0 Å². The van der Waals surface area contributed by atoms with Crippen LogP contribution in [0, 0.1) is 5.82 Å². The van der Waals surface area contributed by atoms with Gasteiger partial charge < -0.3 is 14.2 Å². The maximum absolute atomic E-state index is 13.2. The lowest BCUT2D eigenvalue weighted by Gasteiger charge is -2.26. The normalized spacial score (nSPS) is 17.1. The van der Waals surface area contributed by atoms with Crippen LogP contribution in [-0.2, 0) is 9.59 Å². The molecule has 2 aromatic rings. The molecule has 0 saturated carbocycles. The lowest BCUT2D eigenvalue weighted by molar-refractivity contribution is -0.122. The van der Waals surface area contributed by atoms with E-state index in [-0.39, 0.29) is 18.1 Å². The lowest BCUT2D eigenvalue weighted by atomic mass is 10.1. The predicted molar refractivity (Wildman–Crippen MR) is 94.5 cm³/mol. The molecule has 2 heterocycles. The monoisotopic (exact) mass is 384 g/mol. The van der Waals surface area contributed by atoms with Gasteiger partial charge in [0.2, 0.25) is 6.79 Å². The van der Waals surface area contributed by atoms with Crippen LogP contribution in [-0.4, -0.2) is 31.7 Å². The Morgan fingerprint density at radius 1 is 1.11 bits per heavy atom. The van der Waals surface area contributed by atoms with Crippen molar-refractivity contribution in [3.05, 3.63) is 53.4 Å². The van der Waals surface area contributed by atoms with Crippen molar-refractivity contribution in [3.8, 4) is 17.2 Å². The molecule has 28 heavy (non-hydrogen) atoms. The fraction of sp³-hybridized carbons (Fsp3) is 0.105. The van der Waals surface area contributed by atoms with Crippen LogP contribution in [0.1, 0.15) is 5.56 Å². The van der Waals surface area contributed by atoms with Crippen LogP contribution < -0.4 is 24.4 Å². The van der Waals surface area contributed by atoms with Gasteiger partial charge >= 0.3 is 6.03 Å². The molecule has 142 valence electrons. The lowest BCUT2D eigenvalue weighted by Crippen LogP contribution is -2.54. The molecule has 2 aromatic carbocycles. The highest BCUT2D eigenvalue weighted by Gasteiger charge is 2.37. The molecule has 0 unspecified atom stereocenters. The molecular formula is C19H13FN2O6. The molecule has 0 radical (unpaired) electrons. The van der Waals surface area contributed by atoms with E-state index >= 15 is 0 Å². The van der Waals surface area contributed by atoms with Crippen molar-refractivity contribution in [2.24, 2.45) is 0 Å². The minimum atomic E-state index is -0.920. The first-order valence-corrected chi connectivity index (χ1v) is 8.12. The van der Waals surface area contributed by atoms with Gasteiger partial charge in [-0.1, -0.05) is 0 Å². The molecule has 9 heteroatoms. The Bertz CT molecular complexity index is 1030. The Morgan fingerprint density at radius 3 is 2.46 bits per heavy atom. The van der Waals surface area contributed by atoms with Gasteiger partial charge in [-0.3, -0.25) is 14.9 Å². The molecule has 1 fully saturated rings. The summed E-state index contributed by atoms with van der Waals surface area (Å²) in [7, 11) is 1.43. The topological polar surface area (TPSA) is 94.2 Å². The van der Waals surface area contributed by atoms with Crippen LogP contribution in [0.25, 0.3) is 6.08 Å². The van der Waals surface area contributed by atoms with E-state index in [1.807, 2.05) is 0 Å². The summed E-state index contributed by atoms with van der Waals surface area (Å²) in [6.45, 7) is 0.0464. The first-order valence-electron chi connectivity index (χ1n) is 8.12. The van der Waals surface area contributed by atoms with E-state index in [1.54, 1.807) is 12.1 Å². The maximum atomic E-state index is 13.2. The SMILES string of the molecule is COc1cc2c(cc1/C=C1\C(=O)NC(=O)N(c3ccc(F)cc3)C1=O)OCO2. The van der Waals surface area contributed by atoms with Gasteiger partial charge in [0.1, 0.15) is 17.1 Å². The quantitative estimate of drug-likeness (QED) is 0.644. The van der Waals surface area contributed by atoms with Crippen LogP contribution in [0.3, 0.4) is 0 Å². The summed E-state index contributed by atoms with van der Waals surface area (Å²) in [5.74, 6) is -0.967. The van der Waals surface area contributed by atoms with Crippen molar-refractivity contribution in [2.45, 2.75) is 0 Å². The number of hydrogen-bond acceptors (Lipinski definition) is 6. The first kappa shape index (κ1) is 17.5. The minimum absolute atomic E-state index is 0.0464. The second kappa shape index (κ2) is 6.69. The molecule has 0 spiro atoms. The number of urea groups is 1. The number of nitrogens with zero attached hydrogens (tertiary/aromatic N) is 1. The van der Waals surface area contributed by atoms with E-state index < -0.39 is 23.7 Å². The van der Waals surface area contributed by atoms with E-state index in [1.165, 1.54) is 25.3 Å². The molecule has 0 bridgehead atoms. The third-order valence-corrected chi connectivity index (χ3v) is 4.21. The second-order valence-corrected chi connectivity index (χ2v) is 5.88. The number of methoxy groups -OCH3 is 1. The summed E-state index contributed by atoms with van der Waals surface area (Å²) in [6, 6.07) is 6.96. The molecule has 1 N–H and O–H groups in total. The minimum Gasteiger partial charge on any atom is -0.496 e. The van der Waals surface area contributed by atoms with Crippen molar-refractivity contribution in [2.75, 3.05) is 18.8 Å². The van der Waals surface area contributed by atoms with Crippen LogP contribution in [0.4, 0.5) is 14.9 Å². The zero-order valence-electron chi connectivity index (χ0n) is 14.5. The molecule has 0 atom stereocenters.